The van der Waals surface area contributed by atoms with E-state index in [1.54, 1.807) is 0 Å². The highest BCUT2D eigenvalue weighted by Gasteiger charge is 2.23. The Morgan fingerprint density at radius 3 is 2.13 bits per heavy atom. The number of nitrogens with one attached hydrogen (secondary N) is 1. The van der Waals surface area contributed by atoms with Crippen molar-refractivity contribution in [2.24, 2.45) is 0 Å². The maximum Gasteiger partial charge on any atom is 0.252 e. The molecule has 0 saturated carbocycles. The van der Waals surface area contributed by atoms with Gasteiger partial charge in [-0.15, -0.1) is 0 Å². The molecule has 0 aliphatic heterocycles. The van der Waals surface area contributed by atoms with Gasteiger partial charge in [0.15, 0.2) is 0 Å². The van der Waals surface area contributed by atoms with Crippen LogP contribution in [0.5, 0.6) is 0 Å². The van der Waals surface area contributed by atoms with Crippen molar-refractivity contribution in [2.75, 3.05) is 0 Å². The second-order valence-electron chi connectivity index (χ2n) is 7.78. The van der Waals surface area contributed by atoms with E-state index in [2.05, 4.69) is 12.2 Å². The standard InChI is InChI=1S/C27H23Cl2NO/c1-18(30-27(31)25-8-4-6-20-5-2-3-7-24(20)25)26(21-11-15-23(29)16-12-21)17-19-9-13-22(28)14-10-19/h2-16,18,26H,17H2,1H3,(H,30,31). The lowest BCUT2D eigenvalue weighted by molar-refractivity contribution is 0.0936. The van der Waals surface area contributed by atoms with Gasteiger partial charge in [-0.1, -0.05) is 83.9 Å². The van der Waals surface area contributed by atoms with Crippen LogP contribution in [0.25, 0.3) is 10.8 Å². The highest BCUT2D eigenvalue weighted by Crippen LogP contribution is 2.27. The Labute approximate surface area is 192 Å². The molecule has 0 aliphatic carbocycles. The lowest BCUT2D eigenvalue weighted by atomic mass is 9.86. The zero-order chi connectivity index (χ0) is 21.8. The average molecular weight is 448 g/mol. The summed E-state index contributed by atoms with van der Waals surface area (Å²) in [6.45, 7) is 2.05. The molecule has 0 heterocycles. The fourth-order valence-electron chi connectivity index (χ4n) is 3.98. The van der Waals surface area contributed by atoms with Gasteiger partial charge in [-0.3, -0.25) is 4.79 Å². The first-order chi connectivity index (χ1) is 15.0. The molecule has 4 aromatic carbocycles. The molecule has 0 radical (unpaired) electrons. The topological polar surface area (TPSA) is 29.1 Å². The van der Waals surface area contributed by atoms with Crippen LogP contribution >= 0.6 is 23.2 Å². The highest BCUT2D eigenvalue weighted by atomic mass is 35.5. The van der Waals surface area contributed by atoms with Gasteiger partial charge in [-0.2, -0.15) is 0 Å². The third kappa shape index (κ3) is 5.10. The summed E-state index contributed by atoms with van der Waals surface area (Å²) >= 11 is 12.2. The van der Waals surface area contributed by atoms with Gasteiger partial charge in [-0.05, 0) is 65.6 Å². The molecule has 0 aromatic heterocycles. The van der Waals surface area contributed by atoms with Gasteiger partial charge in [0, 0.05) is 27.6 Å². The molecule has 0 aliphatic rings. The Morgan fingerprint density at radius 2 is 1.42 bits per heavy atom. The van der Waals surface area contributed by atoms with Gasteiger partial charge in [0.1, 0.15) is 0 Å². The third-order valence-electron chi connectivity index (χ3n) is 5.66. The maximum atomic E-state index is 13.2. The van der Waals surface area contributed by atoms with E-state index in [-0.39, 0.29) is 17.9 Å². The van der Waals surface area contributed by atoms with Crippen molar-refractivity contribution < 1.29 is 4.79 Å². The van der Waals surface area contributed by atoms with Crippen molar-refractivity contribution in [3.63, 3.8) is 0 Å². The molecule has 0 bridgehead atoms. The molecule has 4 rings (SSSR count). The van der Waals surface area contributed by atoms with Gasteiger partial charge < -0.3 is 5.32 Å². The molecule has 2 unspecified atom stereocenters. The molecule has 1 N–H and O–H groups in total. The normalized spacial score (nSPS) is 13.0. The Kier molecular flexibility index (Phi) is 6.60. The highest BCUT2D eigenvalue weighted by molar-refractivity contribution is 6.30. The van der Waals surface area contributed by atoms with Crippen molar-refractivity contribution in [2.45, 2.75) is 25.3 Å². The summed E-state index contributed by atoms with van der Waals surface area (Å²) in [7, 11) is 0. The molecule has 4 aromatic rings. The van der Waals surface area contributed by atoms with Crippen LogP contribution in [0.3, 0.4) is 0 Å². The summed E-state index contributed by atoms with van der Waals surface area (Å²) in [5.41, 5.74) is 2.98. The summed E-state index contributed by atoms with van der Waals surface area (Å²) in [6.07, 6.45) is 0.774. The Hall–Kier alpha value is -2.81. The summed E-state index contributed by atoms with van der Waals surface area (Å²) in [4.78, 5) is 13.2. The number of carbonyl (C=O) groups is 1. The van der Waals surface area contributed by atoms with Crippen molar-refractivity contribution in [3.8, 4) is 0 Å². The molecule has 4 heteroatoms. The number of hydrogen-bond donors (Lipinski definition) is 1. The quantitative estimate of drug-likeness (QED) is 0.330. The predicted octanol–water partition coefficient (Wildman–Crippen LogP) is 7.29. The molecule has 1 amide bonds. The van der Waals surface area contributed by atoms with E-state index in [9.17, 15) is 4.79 Å². The van der Waals surface area contributed by atoms with Gasteiger partial charge in [0.05, 0.1) is 0 Å². The van der Waals surface area contributed by atoms with E-state index in [4.69, 9.17) is 23.2 Å². The van der Waals surface area contributed by atoms with E-state index >= 15 is 0 Å². The van der Waals surface area contributed by atoms with Crippen molar-refractivity contribution >= 4 is 39.9 Å². The lowest BCUT2D eigenvalue weighted by Gasteiger charge is -2.26. The van der Waals surface area contributed by atoms with Crippen LogP contribution < -0.4 is 5.32 Å². The summed E-state index contributed by atoms with van der Waals surface area (Å²) in [5.74, 6) is 0.0109. The van der Waals surface area contributed by atoms with E-state index in [0.29, 0.717) is 15.6 Å². The van der Waals surface area contributed by atoms with Crippen LogP contribution in [0.2, 0.25) is 10.0 Å². The maximum absolute atomic E-state index is 13.2. The summed E-state index contributed by atoms with van der Waals surface area (Å²) in [6, 6.07) is 29.4. The van der Waals surface area contributed by atoms with Crippen LogP contribution in [0, 0.1) is 0 Å². The fourth-order valence-corrected chi connectivity index (χ4v) is 4.23. The average Bonchev–Trinajstić information content (AvgIpc) is 2.79. The molecule has 156 valence electrons. The first-order valence-corrected chi connectivity index (χ1v) is 11.1. The largest absolute Gasteiger partial charge is 0.349 e. The number of halogens is 2. The van der Waals surface area contributed by atoms with Crippen molar-refractivity contribution in [1.29, 1.82) is 0 Å². The van der Waals surface area contributed by atoms with Crippen LogP contribution in [-0.4, -0.2) is 11.9 Å². The molecule has 31 heavy (non-hydrogen) atoms. The van der Waals surface area contributed by atoms with E-state index < -0.39 is 0 Å². The Balaban J connectivity index is 1.61. The monoisotopic (exact) mass is 447 g/mol. The van der Waals surface area contributed by atoms with Crippen LogP contribution in [0.15, 0.2) is 91.0 Å². The first-order valence-electron chi connectivity index (χ1n) is 10.3. The molecule has 0 spiro atoms. The Morgan fingerprint density at radius 1 is 0.806 bits per heavy atom. The number of benzene rings is 4. The number of fused-ring (bicyclic) bond motifs is 1. The molecular weight excluding hydrogens is 425 g/mol. The smallest absolute Gasteiger partial charge is 0.252 e. The molecule has 0 fully saturated rings. The van der Waals surface area contributed by atoms with Gasteiger partial charge in [-0.25, -0.2) is 0 Å². The molecular formula is C27H23Cl2NO. The third-order valence-corrected chi connectivity index (χ3v) is 6.17. The summed E-state index contributed by atoms with van der Waals surface area (Å²) in [5, 5.41) is 6.65. The van der Waals surface area contributed by atoms with Gasteiger partial charge in [0.2, 0.25) is 0 Å². The minimum atomic E-state index is -0.0941. The van der Waals surface area contributed by atoms with Crippen LogP contribution in [-0.2, 0) is 6.42 Å². The zero-order valence-electron chi connectivity index (χ0n) is 17.2. The fraction of sp³-hybridized carbons (Fsp3) is 0.148. The van der Waals surface area contributed by atoms with Gasteiger partial charge in [0.25, 0.3) is 5.91 Å². The van der Waals surface area contributed by atoms with Crippen molar-refractivity contribution in [1.82, 2.24) is 5.32 Å². The molecule has 2 atom stereocenters. The van der Waals surface area contributed by atoms with Crippen LogP contribution in [0.4, 0.5) is 0 Å². The second-order valence-corrected chi connectivity index (χ2v) is 8.65. The Bertz CT molecular complexity index is 1180. The number of carbonyl (C=O) groups excluding carboxylic acids is 1. The van der Waals surface area contributed by atoms with Gasteiger partial charge >= 0.3 is 0 Å². The number of hydrogen-bond acceptors (Lipinski definition) is 1. The zero-order valence-corrected chi connectivity index (χ0v) is 18.7. The summed E-state index contributed by atoms with van der Waals surface area (Å²) < 4.78 is 0. The van der Waals surface area contributed by atoms with E-state index in [1.165, 1.54) is 0 Å². The minimum Gasteiger partial charge on any atom is -0.349 e. The number of amides is 1. The first kappa shape index (κ1) is 21.4. The minimum absolute atomic E-state index is 0.0700. The molecule has 2 nitrogen and oxygen atoms in total. The second kappa shape index (κ2) is 9.55. The van der Waals surface area contributed by atoms with E-state index in [1.807, 2.05) is 91.0 Å². The lowest BCUT2D eigenvalue weighted by Crippen LogP contribution is -2.38. The van der Waals surface area contributed by atoms with Crippen LogP contribution in [0.1, 0.15) is 34.3 Å². The van der Waals surface area contributed by atoms with E-state index in [0.717, 1.165) is 28.3 Å². The predicted molar refractivity (Wildman–Crippen MR) is 130 cm³/mol. The number of rotatable bonds is 6. The SMILES string of the molecule is CC(NC(=O)c1cccc2ccccc12)C(Cc1ccc(Cl)cc1)c1ccc(Cl)cc1. The molecule has 0 saturated heterocycles. The van der Waals surface area contributed by atoms with Crippen molar-refractivity contribution in [3.05, 3.63) is 118 Å².